The van der Waals surface area contributed by atoms with Gasteiger partial charge in [-0.3, -0.25) is 14.3 Å². The lowest BCUT2D eigenvalue weighted by molar-refractivity contribution is -0.114. The zero-order valence-electron chi connectivity index (χ0n) is 16.4. The molecule has 1 aromatic heterocycles. The molecule has 4 N–H and O–H groups in total. The molecule has 2 amide bonds. The normalized spacial score (nSPS) is 10.7. The van der Waals surface area contributed by atoms with E-state index in [1.807, 2.05) is 53.3 Å². The molecule has 0 aliphatic carbocycles. The van der Waals surface area contributed by atoms with E-state index in [1.165, 1.54) is 6.92 Å². The monoisotopic (exact) mass is 399 g/mol. The van der Waals surface area contributed by atoms with Gasteiger partial charge in [0.1, 0.15) is 0 Å². The number of nitrogens with zero attached hydrogens (tertiary/aromatic N) is 2. The Morgan fingerprint density at radius 3 is 2.50 bits per heavy atom. The Morgan fingerprint density at radius 1 is 1.00 bits per heavy atom. The number of hydrogen-bond donors (Lipinski definition) is 3. The van der Waals surface area contributed by atoms with Crippen molar-refractivity contribution in [3.63, 3.8) is 0 Å². The Labute approximate surface area is 173 Å². The van der Waals surface area contributed by atoms with E-state index in [1.54, 1.807) is 24.3 Å². The molecule has 0 bridgehead atoms. The molecular weight excluding hydrogens is 378 g/mol. The van der Waals surface area contributed by atoms with E-state index in [0.717, 1.165) is 22.2 Å². The average Bonchev–Trinajstić information content (AvgIpc) is 3.11. The second-order valence-corrected chi connectivity index (χ2v) is 7.02. The van der Waals surface area contributed by atoms with E-state index in [4.69, 9.17) is 5.73 Å². The molecule has 0 saturated carbocycles. The summed E-state index contributed by atoms with van der Waals surface area (Å²) in [5.41, 5.74) is 10.1. The highest BCUT2D eigenvalue weighted by atomic mass is 16.2. The molecule has 0 saturated heterocycles. The number of anilines is 3. The Morgan fingerprint density at radius 2 is 1.77 bits per heavy atom. The summed E-state index contributed by atoms with van der Waals surface area (Å²) in [7, 11) is 0. The first-order valence-electron chi connectivity index (χ1n) is 9.47. The number of aromatic nitrogens is 2. The zero-order valence-corrected chi connectivity index (χ0v) is 16.4. The maximum Gasteiger partial charge on any atom is 0.255 e. The lowest BCUT2D eigenvalue weighted by Crippen LogP contribution is -2.13. The van der Waals surface area contributed by atoms with Gasteiger partial charge in [0.25, 0.3) is 5.91 Å². The van der Waals surface area contributed by atoms with E-state index in [9.17, 15) is 9.59 Å². The van der Waals surface area contributed by atoms with Crippen LogP contribution in [0.3, 0.4) is 0 Å². The number of carbonyl (C=O) groups is 2. The number of rotatable bonds is 5. The highest BCUT2D eigenvalue weighted by Gasteiger charge is 2.09. The first-order valence-corrected chi connectivity index (χ1v) is 9.47. The van der Waals surface area contributed by atoms with Crippen molar-refractivity contribution >= 4 is 39.8 Å². The predicted molar refractivity (Wildman–Crippen MR) is 118 cm³/mol. The van der Waals surface area contributed by atoms with Crippen molar-refractivity contribution in [2.75, 3.05) is 16.4 Å². The van der Waals surface area contributed by atoms with Crippen LogP contribution >= 0.6 is 0 Å². The van der Waals surface area contributed by atoms with Gasteiger partial charge >= 0.3 is 0 Å². The molecule has 4 aromatic rings. The zero-order chi connectivity index (χ0) is 21.1. The number of fused-ring (bicyclic) bond motifs is 1. The van der Waals surface area contributed by atoms with Crippen LogP contribution in [-0.4, -0.2) is 21.6 Å². The van der Waals surface area contributed by atoms with Gasteiger partial charge in [-0.15, -0.1) is 0 Å². The van der Waals surface area contributed by atoms with Crippen molar-refractivity contribution in [3.05, 3.63) is 84.1 Å². The van der Waals surface area contributed by atoms with E-state index in [2.05, 4.69) is 15.7 Å². The van der Waals surface area contributed by atoms with Crippen molar-refractivity contribution in [1.29, 1.82) is 0 Å². The number of para-hydroxylation sites is 2. The van der Waals surface area contributed by atoms with Crippen molar-refractivity contribution in [2.45, 2.75) is 13.5 Å². The van der Waals surface area contributed by atoms with Crippen LogP contribution in [0.15, 0.2) is 72.9 Å². The molecule has 0 unspecified atom stereocenters. The van der Waals surface area contributed by atoms with Crippen molar-refractivity contribution in [2.24, 2.45) is 0 Å². The van der Waals surface area contributed by atoms with Crippen LogP contribution in [0, 0.1) is 0 Å². The molecule has 150 valence electrons. The third-order valence-corrected chi connectivity index (χ3v) is 4.64. The number of amides is 2. The van der Waals surface area contributed by atoms with Gasteiger partial charge in [-0.1, -0.05) is 24.3 Å². The molecule has 0 aliphatic rings. The van der Waals surface area contributed by atoms with E-state index in [-0.39, 0.29) is 11.8 Å². The van der Waals surface area contributed by atoms with Gasteiger partial charge in [-0.25, -0.2) is 0 Å². The molecule has 0 aliphatic heterocycles. The quantitative estimate of drug-likeness (QED) is 0.443. The molecule has 1 heterocycles. The number of hydrogen-bond acceptors (Lipinski definition) is 4. The largest absolute Gasteiger partial charge is 0.397 e. The van der Waals surface area contributed by atoms with Crippen LogP contribution in [0.4, 0.5) is 17.1 Å². The fourth-order valence-corrected chi connectivity index (χ4v) is 3.18. The highest BCUT2D eigenvalue weighted by Crippen LogP contribution is 2.20. The van der Waals surface area contributed by atoms with Gasteiger partial charge in [0, 0.05) is 29.8 Å². The molecule has 0 atom stereocenters. The van der Waals surface area contributed by atoms with Crippen LogP contribution < -0.4 is 16.4 Å². The molecule has 7 heteroatoms. The topological polar surface area (TPSA) is 102 Å². The van der Waals surface area contributed by atoms with Crippen molar-refractivity contribution < 1.29 is 9.59 Å². The van der Waals surface area contributed by atoms with Crippen LogP contribution in [-0.2, 0) is 11.3 Å². The second kappa shape index (κ2) is 8.08. The Kier molecular flexibility index (Phi) is 5.17. The second-order valence-electron chi connectivity index (χ2n) is 7.02. The number of benzene rings is 3. The molecule has 0 fully saturated rings. The van der Waals surface area contributed by atoms with Gasteiger partial charge in [0.15, 0.2) is 0 Å². The first kappa shape index (κ1) is 19.2. The molecule has 30 heavy (non-hydrogen) atoms. The summed E-state index contributed by atoms with van der Waals surface area (Å²) < 4.78 is 1.84. The Balaban J connectivity index is 1.46. The Hall–Kier alpha value is -4.13. The Bertz CT molecular complexity index is 1230. The summed E-state index contributed by atoms with van der Waals surface area (Å²) in [4.78, 5) is 23.7. The molecule has 0 spiro atoms. The van der Waals surface area contributed by atoms with Gasteiger partial charge in [-0.05, 0) is 48.0 Å². The third kappa shape index (κ3) is 4.30. The van der Waals surface area contributed by atoms with Gasteiger partial charge in [0.05, 0.1) is 23.4 Å². The minimum absolute atomic E-state index is 0.118. The number of carbonyl (C=O) groups excluding carboxylic acids is 2. The maximum atomic E-state index is 12.4. The van der Waals surface area contributed by atoms with Crippen LogP contribution in [0.1, 0.15) is 22.8 Å². The lowest BCUT2D eigenvalue weighted by atomic mass is 10.1. The van der Waals surface area contributed by atoms with Crippen LogP contribution in [0.25, 0.3) is 10.9 Å². The molecule has 0 radical (unpaired) electrons. The summed E-state index contributed by atoms with van der Waals surface area (Å²) in [5.74, 6) is -0.331. The fraction of sp³-hybridized carbons (Fsp3) is 0.0870. The molecule has 3 aromatic carbocycles. The van der Waals surface area contributed by atoms with Crippen LogP contribution in [0.2, 0.25) is 0 Å². The molecule has 7 nitrogen and oxygen atoms in total. The van der Waals surface area contributed by atoms with Gasteiger partial charge in [-0.2, -0.15) is 5.10 Å². The van der Waals surface area contributed by atoms with E-state index < -0.39 is 0 Å². The SMILES string of the molecule is CC(=O)Nc1ccc2cn(Cc3ccc(C(=O)Nc4ccccc4N)cc3)nc2c1. The maximum absolute atomic E-state index is 12.4. The number of nitrogens with two attached hydrogens (primary N) is 1. The standard InChI is InChI=1S/C23H21N5O2/c1-15(29)25-19-11-10-18-14-28(27-22(18)12-19)13-16-6-8-17(9-7-16)23(30)26-21-5-3-2-4-20(21)24/h2-12,14H,13,24H2,1H3,(H,25,29)(H,26,30). The summed E-state index contributed by atoms with van der Waals surface area (Å²) in [6, 6.07) is 20.1. The minimum atomic E-state index is -0.213. The summed E-state index contributed by atoms with van der Waals surface area (Å²) in [6.07, 6.45) is 1.95. The predicted octanol–water partition coefficient (Wildman–Crippen LogP) is 3.88. The van der Waals surface area contributed by atoms with Crippen LogP contribution in [0.5, 0.6) is 0 Å². The summed E-state index contributed by atoms with van der Waals surface area (Å²) in [5, 5.41) is 11.1. The van der Waals surface area contributed by atoms with Gasteiger partial charge in [0.2, 0.25) is 5.91 Å². The highest BCUT2D eigenvalue weighted by molar-refractivity contribution is 6.05. The molecule has 4 rings (SSSR count). The van der Waals surface area contributed by atoms with E-state index in [0.29, 0.717) is 23.5 Å². The van der Waals surface area contributed by atoms with Crippen molar-refractivity contribution in [1.82, 2.24) is 9.78 Å². The average molecular weight is 399 g/mol. The minimum Gasteiger partial charge on any atom is -0.397 e. The van der Waals surface area contributed by atoms with Gasteiger partial charge < -0.3 is 16.4 Å². The lowest BCUT2D eigenvalue weighted by Gasteiger charge is -2.08. The molecular formula is C23H21N5O2. The number of nitrogen functional groups attached to an aromatic ring is 1. The smallest absolute Gasteiger partial charge is 0.255 e. The van der Waals surface area contributed by atoms with E-state index >= 15 is 0 Å². The summed E-state index contributed by atoms with van der Waals surface area (Å²) in [6.45, 7) is 2.04. The van der Waals surface area contributed by atoms with Crippen molar-refractivity contribution in [3.8, 4) is 0 Å². The fourth-order valence-electron chi connectivity index (χ4n) is 3.18. The third-order valence-electron chi connectivity index (χ3n) is 4.64. The summed E-state index contributed by atoms with van der Waals surface area (Å²) >= 11 is 0. The number of nitrogens with one attached hydrogen (secondary N) is 2. The first-order chi connectivity index (χ1) is 14.5.